The second-order valence-electron chi connectivity index (χ2n) is 4.29. The third-order valence-corrected chi connectivity index (χ3v) is 3.12. The number of nitrogens with zero attached hydrogens (tertiary/aromatic N) is 2. The molecule has 5 heteroatoms. The van der Waals surface area contributed by atoms with Gasteiger partial charge in [-0.15, -0.1) is 0 Å². The SMILES string of the molecule is CCN(CCC(N)=NO)CC1CCOCC1. The lowest BCUT2D eigenvalue weighted by Crippen LogP contribution is -2.34. The zero-order valence-corrected chi connectivity index (χ0v) is 10.1. The van der Waals surface area contributed by atoms with E-state index in [0.717, 1.165) is 51.6 Å². The number of hydrogen-bond acceptors (Lipinski definition) is 4. The maximum absolute atomic E-state index is 8.47. The summed E-state index contributed by atoms with van der Waals surface area (Å²) in [4.78, 5) is 2.36. The molecule has 0 radical (unpaired) electrons. The Bertz CT molecular complexity index is 215. The lowest BCUT2D eigenvalue weighted by atomic mass is 9.99. The van der Waals surface area contributed by atoms with E-state index in [1.807, 2.05) is 0 Å². The van der Waals surface area contributed by atoms with Crippen LogP contribution in [0, 0.1) is 5.92 Å². The molecule has 0 spiro atoms. The highest BCUT2D eigenvalue weighted by atomic mass is 16.5. The van der Waals surface area contributed by atoms with E-state index >= 15 is 0 Å². The van der Waals surface area contributed by atoms with Crippen molar-refractivity contribution in [3.05, 3.63) is 0 Å². The molecule has 94 valence electrons. The first kappa shape index (κ1) is 13.3. The van der Waals surface area contributed by atoms with Gasteiger partial charge in [0.2, 0.25) is 0 Å². The third-order valence-electron chi connectivity index (χ3n) is 3.12. The number of nitrogens with two attached hydrogens (primary N) is 1. The summed E-state index contributed by atoms with van der Waals surface area (Å²) in [7, 11) is 0. The van der Waals surface area contributed by atoms with Crippen molar-refractivity contribution in [3.63, 3.8) is 0 Å². The second kappa shape index (κ2) is 7.46. The molecule has 3 N–H and O–H groups in total. The predicted molar refractivity (Wildman–Crippen MR) is 63.7 cm³/mol. The highest BCUT2D eigenvalue weighted by Gasteiger charge is 2.16. The van der Waals surface area contributed by atoms with Gasteiger partial charge in [-0.1, -0.05) is 12.1 Å². The summed E-state index contributed by atoms with van der Waals surface area (Å²) in [5, 5.41) is 11.5. The molecule has 0 bridgehead atoms. The molecule has 0 amide bonds. The van der Waals surface area contributed by atoms with Gasteiger partial charge in [0.05, 0.1) is 0 Å². The lowest BCUT2D eigenvalue weighted by Gasteiger charge is -2.28. The van der Waals surface area contributed by atoms with Gasteiger partial charge in [0.15, 0.2) is 0 Å². The number of amidine groups is 1. The Morgan fingerprint density at radius 3 is 2.75 bits per heavy atom. The molecule has 16 heavy (non-hydrogen) atoms. The first-order valence-corrected chi connectivity index (χ1v) is 6.02. The van der Waals surface area contributed by atoms with Crippen LogP contribution in [0.15, 0.2) is 5.16 Å². The van der Waals surface area contributed by atoms with Gasteiger partial charge >= 0.3 is 0 Å². The molecular formula is C11H23N3O2. The molecule has 1 fully saturated rings. The molecule has 1 heterocycles. The van der Waals surface area contributed by atoms with Gasteiger partial charge in [0.25, 0.3) is 0 Å². The van der Waals surface area contributed by atoms with Gasteiger partial charge in [-0.3, -0.25) is 0 Å². The van der Waals surface area contributed by atoms with Crippen LogP contribution in [0.25, 0.3) is 0 Å². The van der Waals surface area contributed by atoms with Crippen LogP contribution in [0.3, 0.4) is 0 Å². The summed E-state index contributed by atoms with van der Waals surface area (Å²) in [5.74, 6) is 1.05. The van der Waals surface area contributed by atoms with Crippen molar-refractivity contribution in [2.75, 3.05) is 32.8 Å². The number of hydrogen-bond donors (Lipinski definition) is 2. The maximum atomic E-state index is 8.47. The van der Waals surface area contributed by atoms with Gasteiger partial charge in [0, 0.05) is 32.7 Å². The van der Waals surface area contributed by atoms with E-state index in [2.05, 4.69) is 17.0 Å². The van der Waals surface area contributed by atoms with Crippen molar-refractivity contribution in [1.29, 1.82) is 0 Å². The van der Waals surface area contributed by atoms with E-state index in [-0.39, 0.29) is 0 Å². The Kier molecular flexibility index (Phi) is 6.18. The zero-order chi connectivity index (χ0) is 11.8. The summed E-state index contributed by atoms with van der Waals surface area (Å²) < 4.78 is 5.34. The minimum Gasteiger partial charge on any atom is -0.409 e. The van der Waals surface area contributed by atoms with Crippen LogP contribution in [-0.4, -0.2) is 48.8 Å². The molecule has 0 unspecified atom stereocenters. The van der Waals surface area contributed by atoms with Crippen LogP contribution in [0.5, 0.6) is 0 Å². The van der Waals surface area contributed by atoms with Crippen molar-refractivity contribution in [2.24, 2.45) is 16.8 Å². The van der Waals surface area contributed by atoms with Crippen molar-refractivity contribution < 1.29 is 9.94 Å². The van der Waals surface area contributed by atoms with Crippen LogP contribution >= 0.6 is 0 Å². The largest absolute Gasteiger partial charge is 0.409 e. The van der Waals surface area contributed by atoms with E-state index in [0.29, 0.717) is 12.3 Å². The van der Waals surface area contributed by atoms with Gasteiger partial charge in [-0.25, -0.2) is 0 Å². The van der Waals surface area contributed by atoms with E-state index in [4.69, 9.17) is 15.7 Å². The fourth-order valence-electron chi connectivity index (χ4n) is 2.00. The standard InChI is InChI=1S/C11H23N3O2/c1-2-14(6-3-11(12)13-15)9-10-4-7-16-8-5-10/h10,15H,2-9H2,1H3,(H2,12,13). The first-order valence-electron chi connectivity index (χ1n) is 6.02. The van der Waals surface area contributed by atoms with Crippen molar-refractivity contribution in [2.45, 2.75) is 26.2 Å². The second-order valence-corrected chi connectivity index (χ2v) is 4.29. The van der Waals surface area contributed by atoms with E-state index in [1.165, 1.54) is 0 Å². The Labute approximate surface area is 97.2 Å². The quantitative estimate of drug-likeness (QED) is 0.307. The van der Waals surface area contributed by atoms with E-state index in [1.54, 1.807) is 0 Å². The molecule has 0 saturated carbocycles. The summed E-state index contributed by atoms with van der Waals surface area (Å²) in [6.07, 6.45) is 2.94. The molecular weight excluding hydrogens is 206 g/mol. The minimum atomic E-state index is 0.311. The molecule has 0 aliphatic carbocycles. The van der Waals surface area contributed by atoms with Crippen molar-refractivity contribution in [3.8, 4) is 0 Å². The third kappa shape index (κ3) is 4.81. The van der Waals surface area contributed by atoms with E-state index < -0.39 is 0 Å². The Morgan fingerprint density at radius 2 is 2.19 bits per heavy atom. The molecule has 0 aromatic carbocycles. The molecule has 1 saturated heterocycles. The van der Waals surface area contributed by atoms with Gasteiger partial charge in [-0.2, -0.15) is 0 Å². The smallest absolute Gasteiger partial charge is 0.140 e. The number of rotatable bonds is 6. The molecule has 0 atom stereocenters. The minimum absolute atomic E-state index is 0.311. The molecule has 1 aliphatic heterocycles. The lowest BCUT2D eigenvalue weighted by molar-refractivity contribution is 0.0535. The Balaban J connectivity index is 2.24. The van der Waals surface area contributed by atoms with Crippen molar-refractivity contribution in [1.82, 2.24) is 4.90 Å². The maximum Gasteiger partial charge on any atom is 0.140 e. The molecule has 1 rings (SSSR count). The van der Waals surface area contributed by atoms with Crippen LogP contribution in [0.1, 0.15) is 26.2 Å². The summed E-state index contributed by atoms with van der Waals surface area (Å²) in [6.45, 7) is 6.90. The fraction of sp³-hybridized carbons (Fsp3) is 0.909. The predicted octanol–water partition coefficient (Wildman–Crippen LogP) is 0.871. The van der Waals surface area contributed by atoms with Gasteiger partial charge in [0.1, 0.15) is 5.84 Å². The average molecular weight is 229 g/mol. The zero-order valence-electron chi connectivity index (χ0n) is 10.1. The molecule has 0 aromatic heterocycles. The summed E-state index contributed by atoms with van der Waals surface area (Å²) >= 11 is 0. The van der Waals surface area contributed by atoms with Crippen LogP contribution in [0.2, 0.25) is 0 Å². The highest BCUT2D eigenvalue weighted by Crippen LogP contribution is 2.16. The average Bonchev–Trinajstić information content (AvgIpc) is 2.35. The number of ether oxygens (including phenoxy) is 1. The summed E-state index contributed by atoms with van der Waals surface area (Å²) in [6, 6.07) is 0. The highest BCUT2D eigenvalue weighted by molar-refractivity contribution is 5.79. The molecule has 0 aromatic rings. The number of oxime groups is 1. The fourth-order valence-corrected chi connectivity index (χ4v) is 2.00. The van der Waals surface area contributed by atoms with Crippen LogP contribution in [0.4, 0.5) is 0 Å². The molecule has 5 nitrogen and oxygen atoms in total. The molecule has 1 aliphatic rings. The van der Waals surface area contributed by atoms with E-state index in [9.17, 15) is 0 Å². The van der Waals surface area contributed by atoms with Gasteiger partial charge in [-0.05, 0) is 25.3 Å². The Hall–Kier alpha value is -0.810. The normalized spacial score (nSPS) is 19.2. The van der Waals surface area contributed by atoms with Crippen molar-refractivity contribution >= 4 is 5.84 Å². The summed E-state index contributed by atoms with van der Waals surface area (Å²) in [5.41, 5.74) is 5.46. The van der Waals surface area contributed by atoms with Gasteiger partial charge < -0.3 is 20.6 Å². The van der Waals surface area contributed by atoms with Crippen LogP contribution < -0.4 is 5.73 Å². The topological polar surface area (TPSA) is 71.1 Å². The first-order chi connectivity index (χ1) is 7.76. The monoisotopic (exact) mass is 229 g/mol. The Morgan fingerprint density at radius 1 is 1.50 bits per heavy atom. The van der Waals surface area contributed by atoms with Crippen LogP contribution in [-0.2, 0) is 4.74 Å².